The standard InChI is InChI=1S/C10H10N2O2S/c1-5-9(6(2)13)15-10(11-5)8-4-14-7(3)12-8/h4H,1-3H3. The van der Waals surface area contributed by atoms with Crippen molar-refractivity contribution >= 4 is 17.1 Å². The van der Waals surface area contributed by atoms with Gasteiger partial charge in [-0.1, -0.05) is 0 Å². The molecule has 4 nitrogen and oxygen atoms in total. The van der Waals surface area contributed by atoms with Gasteiger partial charge in [-0.05, 0) is 6.92 Å². The second kappa shape index (κ2) is 3.58. The number of hydrogen-bond donors (Lipinski definition) is 0. The molecule has 0 saturated heterocycles. The number of carbonyl (C=O) groups is 1. The fourth-order valence-electron chi connectivity index (χ4n) is 1.29. The highest BCUT2D eigenvalue weighted by molar-refractivity contribution is 7.17. The lowest BCUT2D eigenvalue weighted by Crippen LogP contribution is -1.89. The van der Waals surface area contributed by atoms with Crippen LogP contribution >= 0.6 is 11.3 Å². The van der Waals surface area contributed by atoms with Crippen molar-refractivity contribution in [1.29, 1.82) is 0 Å². The van der Waals surface area contributed by atoms with Gasteiger partial charge in [0.15, 0.2) is 11.7 Å². The Bertz CT molecular complexity index is 513. The molecule has 0 aliphatic heterocycles. The summed E-state index contributed by atoms with van der Waals surface area (Å²) in [6.45, 7) is 5.14. The Morgan fingerprint density at radius 2 is 2.13 bits per heavy atom. The van der Waals surface area contributed by atoms with Crippen molar-refractivity contribution in [3.05, 3.63) is 22.7 Å². The largest absolute Gasteiger partial charge is 0.449 e. The van der Waals surface area contributed by atoms with Crippen LogP contribution in [0.25, 0.3) is 10.7 Å². The maximum Gasteiger partial charge on any atom is 0.191 e. The Morgan fingerprint density at radius 1 is 1.40 bits per heavy atom. The lowest BCUT2D eigenvalue weighted by Gasteiger charge is -1.85. The van der Waals surface area contributed by atoms with Crippen molar-refractivity contribution in [2.75, 3.05) is 0 Å². The predicted molar refractivity (Wildman–Crippen MR) is 57.1 cm³/mol. The lowest BCUT2D eigenvalue weighted by molar-refractivity contribution is 0.102. The van der Waals surface area contributed by atoms with Crippen molar-refractivity contribution in [2.24, 2.45) is 0 Å². The third-order valence-electron chi connectivity index (χ3n) is 1.95. The average molecular weight is 222 g/mol. The van der Waals surface area contributed by atoms with Crippen molar-refractivity contribution < 1.29 is 9.21 Å². The molecule has 15 heavy (non-hydrogen) atoms. The summed E-state index contributed by atoms with van der Waals surface area (Å²) in [5, 5.41) is 0.731. The molecule has 0 aliphatic rings. The molecule has 78 valence electrons. The number of carbonyl (C=O) groups excluding carboxylic acids is 1. The molecule has 2 aromatic heterocycles. The normalized spacial score (nSPS) is 10.6. The number of aryl methyl sites for hydroxylation is 2. The monoisotopic (exact) mass is 222 g/mol. The number of rotatable bonds is 2. The first-order valence-electron chi connectivity index (χ1n) is 4.49. The predicted octanol–water partition coefficient (Wildman–Crippen LogP) is 2.62. The Balaban J connectivity index is 2.46. The van der Waals surface area contributed by atoms with Gasteiger partial charge in [-0.2, -0.15) is 0 Å². The molecule has 0 aromatic carbocycles. The SMILES string of the molecule is CC(=O)c1sc(-c2coc(C)n2)nc1C. The van der Waals surface area contributed by atoms with Crippen LogP contribution in [0.3, 0.4) is 0 Å². The summed E-state index contributed by atoms with van der Waals surface area (Å²) in [4.78, 5) is 20.4. The molecule has 2 aromatic rings. The van der Waals surface area contributed by atoms with E-state index in [0.717, 1.165) is 10.7 Å². The number of thiazole rings is 1. The van der Waals surface area contributed by atoms with Gasteiger partial charge in [0.1, 0.15) is 17.0 Å². The maximum atomic E-state index is 11.2. The third kappa shape index (κ3) is 1.83. The van der Waals surface area contributed by atoms with E-state index in [9.17, 15) is 4.79 Å². The van der Waals surface area contributed by atoms with Crippen LogP contribution in [0, 0.1) is 13.8 Å². The second-order valence-electron chi connectivity index (χ2n) is 3.24. The molecule has 0 bridgehead atoms. The Kier molecular flexibility index (Phi) is 2.40. The van der Waals surface area contributed by atoms with Gasteiger partial charge in [0.05, 0.1) is 10.6 Å². The van der Waals surface area contributed by atoms with E-state index < -0.39 is 0 Å². The summed E-state index contributed by atoms with van der Waals surface area (Å²) >= 11 is 1.35. The van der Waals surface area contributed by atoms with Crippen LogP contribution in [-0.4, -0.2) is 15.8 Å². The highest BCUT2D eigenvalue weighted by Gasteiger charge is 2.14. The van der Waals surface area contributed by atoms with Crippen LogP contribution in [0.4, 0.5) is 0 Å². The molecule has 0 unspecified atom stereocenters. The number of oxazole rings is 1. The van der Waals surface area contributed by atoms with Crippen LogP contribution in [0.2, 0.25) is 0 Å². The quantitative estimate of drug-likeness (QED) is 0.733. The molecular formula is C10H10N2O2S. The number of hydrogen-bond acceptors (Lipinski definition) is 5. The van der Waals surface area contributed by atoms with Crippen LogP contribution in [-0.2, 0) is 0 Å². The van der Waals surface area contributed by atoms with E-state index in [1.165, 1.54) is 11.3 Å². The summed E-state index contributed by atoms with van der Waals surface area (Å²) in [6, 6.07) is 0. The Labute approximate surface area is 91.0 Å². The molecule has 0 saturated carbocycles. The van der Waals surface area contributed by atoms with Gasteiger partial charge >= 0.3 is 0 Å². The molecule has 0 spiro atoms. The summed E-state index contributed by atoms with van der Waals surface area (Å²) in [5.74, 6) is 0.638. The van der Waals surface area contributed by atoms with Crippen LogP contribution in [0.15, 0.2) is 10.7 Å². The molecule has 2 heterocycles. The summed E-state index contributed by atoms with van der Waals surface area (Å²) in [7, 11) is 0. The van der Waals surface area contributed by atoms with Crippen molar-refractivity contribution in [3.8, 4) is 10.7 Å². The molecule has 2 rings (SSSR count). The highest BCUT2D eigenvalue weighted by atomic mass is 32.1. The van der Waals surface area contributed by atoms with Gasteiger partial charge in [-0.15, -0.1) is 11.3 Å². The van der Waals surface area contributed by atoms with Gasteiger partial charge < -0.3 is 4.42 Å². The first-order chi connectivity index (χ1) is 7.08. The highest BCUT2D eigenvalue weighted by Crippen LogP contribution is 2.27. The smallest absolute Gasteiger partial charge is 0.191 e. The average Bonchev–Trinajstić information content (AvgIpc) is 2.71. The lowest BCUT2D eigenvalue weighted by atomic mass is 10.3. The molecule has 0 fully saturated rings. The molecule has 5 heteroatoms. The van der Waals surface area contributed by atoms with Crippen LogP contribution in [0.5, 0.6) is 0 Å². The minimum atomic E-state index is 0.0384. The Morgan fingerprint density at radius 3 is 2.60 bits per heavy atom. The second-order valence-corrected chi connectivity index (χ2v) is 4.24. The zero-order valence-electron chi connectivity index (χ0n) is 8.70. The van der Waals surface area contributed by atoms with E-state index in [2.05, 4.69) is 9.97 Å². The summed E-state index contributed by atoms with van der Waals surface area (Å²) in [6.07, 6.45) is 1.55. The fourth-order valence-corrected chi connectivity index (χ4v) is 2.21. The van der Waals surface area contributed by atoms with E-state index in [-0.39, 0.29) is 5.78 Å². The number of nitrogens with zero attached hydrogens (tertiary/aromatic N) is 2. The molecule has 0 radical (unpaired) electrons. The summed E-state index contributed by atoms with van der Waals surface area (Å²) in [5.41, 5.74) is 1.44. The summed E-state index contributed by atoms with van der Waals surface area (Å²) < 4.78 is 5.10. The molecule has 0 atom stereocenters. The van der Waals surface area contributed by atoms with Gasteiger partial charge in [0.2, 0.25) is 0 Å². The van der Waals surface area contributed by atoms with E-state index in [1.807, 2.05) is 6.92 Å². The number of aromatic nitrogens is 2. The maximum absolute atomic E-state index is 11.2. The van der Waals surface area contributed by atoms with Crippen LogP contribution in [0.1, 0.15) is 28.2 Å². The number of Topliss-reactive ketones (excluding diaryl/α,β-unsaturated/α-hetero) is 1. The fraction of sp³-hybridized carbons (Fsp3) is 0.300. The molecule has 0 amide bonds. The first-order valence-corrected chi connectivity index (χ1v) is 5.30. The number of ketones is 1. The minimum absolute atomic E-state index is 0.0384. The van der Waals surface area contributed by atoms with Crippen molar-refractivity contribution in [1.82, 2.24) is 9.97 Å². The van der Waals surface area contributed by atoms with Gasteiger partial charge in [0.25, 0.3) is 0 Å². The zero-order valence-corrected chi connectivity index (χ0v) is 9.51. The molecule has 0 N–H and O–H groups in total. The molecule has 0 aliphatic carbocycles. The first kappa shape index (κ1) is 10.0. The van der Waals surface area contributed by atoms with E-state index in [4.69, 9.17) is 4.42 Å². The van der Waals surface area contributed by atoms with Crippen molar-refractivity contribution in [2.45, 2.75) is 20.8 Å². The van der Waals surface area contributed by atoms with E-state index in [0.29, 0.717) is 16.5 Å². The Hall–Kier alpha value is -1.49. The van der Waals surface area contributed by atoms with Crippen LogP contribution < -0.4 is 0 Å². The van der Waals surface area contributed by atoms with Crippen molar-refractivity contribution in [3.63, 3.8) is 0 Å². The topological polar surface area (TPSA) is 56.0 Å². The van der Waals surface area contributed by atoms with Gasteiger partial charge in [-0.25, -0.2) is 9.97 Å². The van der Waals surface area contributed by atoms with E-state index >= 15 is 0 Å². The van der Waals surface area contributed by atoms with Gasteiger partial charge in [-0.3, -0.25) is 4.79 Å². The zero-order chi connectivity index (χ0) is 11.0. The molecular weight excluding hydrogens is 212 g/mol. The van der Waals surface area contributed by atoms with E-state index in [1.54, 1.807) is 20.1 Å². The minimum Gasteiger partial charge on any atom is -0.449 e. The third-order valence-corrected chi connectivity index (χ3v) is 3.24. The van der Waals surface area contributed by atoms with Gasteiger partial charge in [0, 0.05) is 13.8 Å².